The maximum Gasteiger partial charge on any atom is 0.135 e. The molecule has 2 aromatic heterocycles. The number of fused-ring (bicyclic) bond motifs is 7. The molecule has 2 atom stereocenters. The van der Waals surface area contributed by atoms with Crippen LogP contribution >= 0.6 is 0 Å². The maximum absolute atomic E-state index is 6.47. The second kappa shape index (κ2) is 11.8. The van der Waals surface area contributed by atoms with Crippen molar-refractivity contribution in [1.29, 1.82) is 0 Å². The van der Waals surface area contributed by atoms with Crippen LogP contribution in [0.3, 0.4) is 0 Å². The Kier molecular flexibility index (Phi) is 6.89. The van der Waals surface area contributed by atoms with E-state index in [-0.39, 0.29) is 6.04 Å². The van der Waals surface area contributed by atoms with E-state index in [0.29, 0.717) is 5.92 Å². The Morgan fingerprint density at radius 2 is 1.43 bits per heavy atom. The Hall–Kier alpha value is -6.06. The first-order chi connectivity index (χ1) is 25.2. The van der Waals surface area contributed by atoms with Crippen molar-refractivity contribution < 1.29 is 8.83 Å². The number of nitrogens with zero attached hydrogens (tertiary/aromatic N) is 1. The minimum absolute atomic E-state index is 0.271. The number of hydrogen-bond acceptors (Lipinski definition) is 3. The lowest BCUT2D eigenvalue weighted by molar-refractivity contribution is 0.548. The van der Waals surface area contributed by atoms with Gasteiger partial charge in [0.15, 0.2) is 0 Å². The Balaban J connectivity index is 0.995. The van der Waals surface area contributed by atoms with Crippen LogP contribution in [0.25, 0.3) is 61.9 Å². The lowest BCUT2D eigenvalue weighted by Crippen LogP contribution is -2.28. The Labute approximate surface area is 298 Å². The smallest absolute Gasteiger partial charge is 0.135 e. The fourth-order valence-electron chi connectivity index (χ4n) is 8.62. The van der Waals surface area contributed by atoms with Crippen LogP contribution in [0.1, 0.15) is 53.0 Å². The van der Waals surface area contributed by atoms with Gasteiger partial charge in [0, 0.05) is 45.6 Å². The molecule has 0 radical (unpaired) electrons. The number of hydrogen-bond donors (Lipinski definition) is 0. The highest BCUT2D eigenvalue weighted by atomic mass is 16.3. The molecule has 3 aliphatic rings. The molecule has 3 heterocycles. The summed E-state index contributed by atoms with van der Waals surface area (Å²) < 4.78 is 12.5. The molecule has 3 nitrogen and oxygen atoms in total. The molecule has 0 N–H and O–H groups in total. The number of benzene rings is 5. The Morgan fingerprint density at radius 1 is 0.706 bits per heavy atom. The molecular formula is C48H37NO2. The average molecular weight is 660 g/mol. The van der Waals surface area contributed by atoms with E-state index < -0.39 is 0 Å². The largest absolute Gasteiger partial charge is 0.460 e. The molecular weight excluding hydrogens is 623 g/mol. The van der Waals surface area contributed by atoms with Crippen LogP contribution in [0.2, 0.25) is 0 Å². The van der Waals surface area contributed by atoms with Crippen molar-refractivity contribution in [1.82, 2.24) is 0 Å². The third-order valence-corrected chi connectivity index (χ3v) is 11.1. The molecule has 0 bridgehead atoms. The van der Waals surface area contributed by atoms with Crippen molar-refractivity contribution in [3.63, 3.8) is 0 Å². The van der Waals surface area contributed by atoms with Crippen molar-refractivity contribution in [2.24, 2.45) is 0 Å². The number of rotatable bonds is 6. The van der Waals surface area contributed by atoms with Gasteiger partial charge < -0.3 is 13.7 Å². The number of aryl methyl sites for hydroxylation is 2. The van der Waals surface area contributed by atoms with Gasteiger partial charge in [-0.3, -0.25) is 0 Å². The van der Waals surface area contributed by atoms with E-state index in [4.69, 9.17) is 8.83 Å². The molecule has 0 spiro atoms. The van der Waals surface area contributed by atoms with Gasteiger partial charge in [0.25, 0.3) is 0 Å². The van der Waals surface area contributed by atoms with E-state index in [1.165, 1.54) is 66.8 Å². The normalized spacial score (nSPS) is 17.4. The standard InChI is InChI=1S/C48H37NO2/c1-3-37-40-27-34(19-22-46(40)50-45(37)4-2)32-13-9-11-30(25-32)31-12-10-14-33(26-31)35-20-23-47-41(28-35)42-29-36(21-24-48(42)51-47)49-43-17-7-5-15-38(43)39-16-6-8-18-44(39)49/h4-19,21-22,24-29,38,43H,2-3,20,23H2,1H3. The molecule has 1 aliphatic heterocycles. The summed E-state index contributed by atoms with van der Waals surface area (Å²) in [6.45, 7) is 6.12. The molecule has 0 saturated heterocycles. The first kappa shape index (κ1) is 29.8. The monoisotopic (exact) mass is 659 g/mol. The van der Waals surface area contributed by atoms with Crippen LogP contribution in [-0.4, -0.2) is 6.04 Å². The molecule has 10 rings (SSSR count). The first-order valence-corrected chi connectivity index (χ1v) is 18.0. The SMILES string of the molecule is C=Cc1oc2ccc(-c3cccc(-c4cccc(C5=Cc6c(oc7ccc(N8c9ccccc9C9C=CC=CC98)cc67)CC5)c4)c3)cc2c1CC. The summed E-state index contributed by atoms with van der Waals surface area (Å²) >= 11 is 0. The van der Waals surface area contributed by atoms with Crippen molar-refractivity contribution >= 4 is 51.0 Å². The Bertz CT molecular complexity index is 2620. The van der Waals surface area contributed by atoms with Gasteiger partial charge in [0.05, 0.1) is 6.04 Å². The van der Waals surface area contributed by atoms with Crippen molar-refractivity contribution in [2.45, 2.75) is 38.1 Å². The molecule has 0 saturated carbocycles. The van der Waals surface area contributed by atoms with Gasteiger partial charge in [0.1, 0.15) is 22.7 Å². The summed E-state index contributed by atoms with van der Waals surface area (Å²) in [7, 11) is 0. The minimum Gasteiger partial charge on any atom is -0.460 e. The molecule has 2 aliphatic carbocycles. The summed E-state index contributed by atoms with van der Waals surface area (Å²) in [6, 6.07) is 40.2. The number of para-hydroxylation sites is 1. The summed E-state index contributed by atoms with van der Waals surface area (Å²) in [5.41, 5.74) is 15.6. The molecule has 0 fully saturated rings. The number of allylic oxidation sites excluding steroid dienone is 3. The van der Waals surface area contributed by atoms with E-state index in [1.807, 2.05) is 6.08 Å². The Morgan fingerprint density at radius 3 is 2.25 bits per heavy atom. The van der Waals surface area contributed by atoms with Gasteiger partial charge in [-0.2, -0.15) is 0 Å². The predicted molar refractivity (Wildman–Crippen MR) is 212 cm³/mol. The molecule has 5 aromatic carbocycles. The zero-order valence-electron chi connectivity index (χ0n) is 28.6. The van der Waals surface area contributed by atoms with Crippen LogP contribution in [0.4, 0.5) is 11.4 Å². The van der Waals surface area contributed by atoms with Crippen molar-refractivity contribution in [2.75, 3.05) is 4.90 Å². The third-order valence-electron chi connectivity index (χ3n) is 11.1. The molecule has 246 valence electrons. The van der Waals surface area contributed by atoms with E-state index in [9.17, 15) is 0 Å². The minimum atomic E-state index is 0.271. The van der Waals surface area contributed by atoms with Gasteiger partial charge in [-0.1, -0.05) is 98.5 Å². The van der Waals surface area contributed by atoms with Crippen molar-refractivity contribution in [3.05, 3.63) is 174 Å². The maximum atomic E-state index is 6.47. The van der Waals surface area contributed by atoms with Crippen LogP contribution in [0, 0.1) is 0 Å². The van der Waals surface area contributed by atoms with Gasteiger partial charge in [-0.05, 0) is 112 Å². The zero-order valence-corrected chi connectivity index (χ0v) is 28.6. The summed E-state index contributed by atoms with van der Waals surface area (Å²) in [6.07, 6.45) is 15.9. The highest BCUT2D eigenvalue weighted by Crippen LogP contribution is 2.48. The second-order valence-corrected chi connectivity index (χ2v) is 13.9. The summed E-state index contributed by atoms with van der Waals surface area (Å²) in [4.78, 5) is 2.50. The topological polar surface area (TPSA) is 29.5 Å². The van der Waals surface area contributed by atoms with E-state index >= 15 is 0 Å². The quantitative estimate of drug-likeness (QED) is 0.178. The molecule has 51 heavy (non-hydrogen) atoms. The molecule has 7 aromatic rings. The summed E-state index contributed by atoms with van der Waals surface area (Å²) in [5.74, 6) is 2.31. The molecule has 2 unspecified atom stereocenters. The van der Waals surface area contributed by atoms with Gasteiger partial charge >= 0.3 is 0 Å². The van der Waals surface area contributed by atoms with Crippen LogP contribution < -0.4 is 4.90 Å². The number of anilines is 2. The lowest BCUT2D eigenvalue weighted by Gasteiger charge is -2.28. The second-order valence-electron chi connectivity index (χ2n) is 13.9. The van der Waals surface area contributed by atoms with Crippen molar-refractivity contribution in [3.8, 4) is 22.3 Å². The predicted octanol–water partition coefficient (Wildman–Crippen LogP) is 12.9. The van der Waals surface area contributed by atoms with Gasteiger partial charge in [-0.15, -0.1) is 0 Å². The van der Waals surface area contributed by atoms with Crippen LogP contribution in [0.5, 0.6) is 0 Å². The summed E-state index contributed by atoms with van der Waals surface area (Å²) in [5, 5.41) is 2.35. The zero-order chi connectivity index (χ0) is 34.1. The molecule has 3 heteroatoms. The lowest BCUT2D eigenvalue weighted by atomic mass is 9.89. The highest BCUT2D eigenvalue weighted by Gasteiger charge is 2.37. The van der Waals surface area contributed by atoms with E-state index in [2.05, 4.69) is 158 Å². The van der Waals surface area contributed by atoms with Crippen LogP contribution in [-0.2, 0) is 12.8 Å². The highest BCUT2D eigenvalue weighted by molar-refractivity contribution is 5.98. The van der Waals surface area contributed by atoms with Gasteiger partial charge in [0.2, 0.25) is 0 Å². The average Bonchev–Trinajstić information content (AvgIpc) is 3.86. The van der Waals surface area contributed by atoms with E-state index in [1.54, 1.807) is 0 Å². The molecule has 0 amide bonds. The fourth-order valence-corrected chi connectivity index (χ4v) is 8.62. The van der Waals surface area contributed by atoms with Gasteiger partial charge in [-0.25, -0.2) is 0 Å². The third kappa shape index (κ3) is 4.80. The van der Waals surface area contributed by atoms with Crippen LogP contribution in [0.15, 0.2) is 149 Å². The number of furan rings is 2. The first-order valence-electron chi connectivity index (χ1n) is 18.0. The van der Waals surface area contributed by atoms with E-state index in [0.717, 1.165) is 47.3 Å². The fraction of sp³-hybridized carbons (Fsp3) is 0.125.